The molecule has 2 aromatic carbocycles. The molecule has 0 saturated carbocycles. The van der Waals surface area contributed by atoms with Gasteiger partial charge in [0, 0.05) is 30.2 Å². The highest BCUT2D eigenvalue weighted by Crippen LogP contribution is 2.29. The summed E-state index contributed by atoms with van der Waals surface area (Å²) in [5, 5.41) is 2.76. The lowest BCUT2D eigenvalue weighted by atomic mass is 10.2. The Morgan fingerprint density at radius 2 is 1.81 bits per heavy atom. The van der Waals surface area contributed by atoms with Gasteiger partial charge in [-0.05, 0) is 31.2 Å². The van der Waals surface area contributed by atoms with Crippen molar-refractivity contribution in [2.24, 2.45) is 0 Å². The van der Waals surface area contributed by atoms with Gasteiger partial charge in [-0.2, -0.15) is 0 Å². The van der Waals surface area contributed by atoms with E-state index in [0.29, 0.717) is 12.3 Å². The van der Waals surface area contributed by atoms with Crippen molar-refractivity contribution in [1.29, 1.82) is 0 Å². The second kappa shape index (κ2) is 8.14. The van der Waals surface area contributed by atoms with Gasteiger partial charge in [-0.1, -0.05) is 29.8 Å². The molecule has 1 heterocycles. The summed E-state index contributed by atoms with van der Waals surface area (Å²) in [5.74, 6) is -0.145. The lowest BCUT2D eigenvalue weighted by molar-refractivity contribution is -0.120. The molecule has 0 bridgehead atoms. The van der Waals surface area contributed by atoms with Crippen LogP contribution in [0.25, 0.3) is 0 Å². The normalized spacial score (nSPS) is 14.9. The Balaban J connectivity index is 1.46. The van der Waals surface area contributed by atoms with Crippen molar-refractivity contribution < 1.29 is 18.0 Å². The molecule has 1 aliphatic rings. The molecular weight excluding hydrogens is 384 g/mol. The van der Waals surface area contributed by atoms with E-state index in [1.807, 2.05) is 31.2 Å². The molecule has 0 unspecified atom stereocenters. The largest absolute Gasteiger partial charge is 0.355 e. The first-order chi connectivity index (χ1) is 12.9. The fourth-order valence-electron chi connectivity index (χ4n) is 2.74. The number of carbonyl (C=O) groups excluding carboxylic acids is 2. The van der Waals surface area contributed by atoms with Gasteiger partial charge in [-0.3, -0.25) is 9.59 Å². The van der Waals surface area contributed by atoms with Crippen molar-refractivity contribution in [2.45, 2.75) is 23.1 Å². The second-order valence-corrected chi connectivity index (χ2v) is 9.14. The van der Waals surface area contributed by atoms with E-state index in [1.54, 1.807) is 23.9 Å². The summed E-state index contributed by atoms with van der Waals surface area (Å²) < 4.78 is 25.6. The van der Waals surface area contributed by atoms with Crippen LogP contribution < -0.4 is 5.32 Å². The molecule has 0 aromatic heterocycles. The minimum Gasteiger partial charge on any atom is -0.355 e. The summed E-state index contributed by atoms with van der Waals surface area (Å²) in [7, 11) is -3.86. The van der Waals surface area contributed by atoms with Gasteiger partial charge < -0.3 is 5.32 Å². The molecule has 1 N–H and O–H groups in total. The van der Waals surface area contributed by atoms with E-state index >= 15 is 0 Å². The van der Waals surface area contributed by atoms with E-state index in [1.165, 1.54) is 17.7 Å². The lowest BCUT2D eigenvalue weighted by Crippen LogP contribution is -2.35. The quantitative estimate of drug-likeness (QED) is 0.566. The molecule has 8 heteroatoms. The lowest BCUT2D eigenvalue weighted by Gasteiger charge is -2.14. The number of aryl methyl sites for hydroxylation is 1. The zero-order valence-corrected chi connectivity index (χ0v) is 16.5. The molecule has 0 atom stereocenters. The van der Waals surface area contributed by atoms with Crippen LogP contribution in [-0.4, -0.2) is 43.4 Å². The Bertz CT molecular complexity index is 956. The predicted octanol–water partition coefficient (Wildman–Crippen LogP) is 2.44. The van der Waals surface area contributed by atoms with Crippen molar-refractivity contribution in [1.82, 2.24) is 9.62 Å². The average molecular weight is 405 g/mol. The number of carbonyl (C=O) groups is 2. The number of nitrogens with zero attached hydrogens (tertiary/aromatic N) is 1. The van der Waals surface area contributed by atoms with Gasteiger partial charge in [0.05, 0.1) is 5.56 Å². The monoisotopic (exact) mass is 404 g/mol. The maximum Gasteiger partial charge on any atom is 0.269 e. The minimum absolute atomic E-state index is 0.00454. The molecule has 2 aromatic rings. The topological polar surface area (TPSA) is 83.6 Å². The third-order valence-corrected chi connectivity index (χ3v) is 7.02. The summed E-state index contributed by atoms with van der Waals surface area (Å²) in [6.07, 6.45) is -0.0614. The number of hydrogen-bond acceptors (Lipinski definition) is 5. The van der Waals surface area contributed by atoms with Crippen LogP contribution in [0.4, 0.5) is 0 Å². The van der Waals surface area contributed by atoms with Crippen molar-refractivity contribution in [3.05, 3.63) is 59.7 Å². The molecule has 142 valence electrons. The molecular formula is C19H20N2O4S2. The summed E-state index contributed by atoms with van der Waals surface area (Å²) in [4.78, 5) is 25.4. The molecule has 0 aliphatic carbocycles. The van der Waals surface area contributed by atoms with Gasteiger partial charge in [0.1, 0.15) is 4.90 Å². The fourth-order valence-corrected chi connectivity index (χ4v) is 5.08. The predicted molar refractivity (Wildman–Crippen MR) is 104 cm³/mol. The maximum absolute atomic E-state index is 12.4. The van der Waals surface area contributed by atoms with Crippen LogP contribution in [0.2, 0.25) is 0 Å². The van der Waals surface area contributed by atoms with Crippen molar-refractivity contribution in [3.63, 3.8) is 0 Å². The molecule has 2 amide bonds. The van der Waals surface area contributed by atoms with Gasteiger partial charge in [-0.15, -0.1) is 11.8 Å². The van der Waals surface area contributed by atoms with E-state index in [9.17, 15) is 18.0 Å². The molecule has 0 spiro atoms. The van der Waals surface area contributed by atoms with Gasteiger partial charge in [-0.25, -0.2) is 12.7 Å². The summed E-state index contributed by atoms with van der Waals surface area (Å²) >= 11 is 1.63. The zero-order chi connectivity index (χ0) is 19.4. The first kappa shape index (κ1) is 19.4. The highest BCUT2D eigenvalue weighted by Gasteiger charge is 2.40. The first-order valence-electron chi connectivity index (χ1n) is 8.52. The van der Waals surface area contributed by atoms with Crippen LogP contribution in [0.3, 0.4) is 0 Å². The smallest absolute Gasteiger partial charge is 0.269 e. The summed E-state index contributed by atoms with van der Waals surface area (Å²) in [6.45, 7) is 2.34. The van der Waals surface area contributed by atoms with Crippen LogP contribution in [0.15, 0.2) is 58.3 Å². The van der Waals surface area contributed by atoms with Gasteiger partial charge in [0.25, 0.3) is 15.9 Å². The average Bonchev–Trinajstić information content (AvgIpc) is 2.85. The Morgan fingerprint density at radius 1 is 1.11 bits per heavy atom. The Kier molecular flexibility index (Phi) is 5.86. The Labute approximate surface area is 163 Å². The number of thioether (sulfide) groups is 1. The van der Waals surface area contributed by atoms with Crippen LogP contribution in [0.1, 0.15) is 22.3 Å². The summed E-state index contributed by atoms with van der Waals surface area (Å²) in [6, 6.07) is 14.2. The van der Waals surface area contributed by atoms with Crippen LogP contribution >= 0.6 is 11.8 Å². The van der Waals surface area contributed by atoms with Gasteiger partial charge in [0.15, 0.2) is 0 Å². The van der Waals surface area contributed by atoms with E-state index < -0.39 is 15.9 Å². The number of hydrogen-bond donors (Lipinski definition) is 1. The number of sulfonamides is 1. The SMILES string of the molecule is Cc1ccc(SCCNC(=O)CCN2C(=O)c3ccccc3S2(=O)=O)cc1. The number of rotatable bonds is 7. The van der Waals surface area contributed by atoms with E-state index in [-0.39, 0.29) is 29.3 Å². The standard InChI is InChI=1S/C19H20N2O4S2/c1-14-6-8-15(9-7-14)26-13-11-20-18(22)10-12-21-19(23)16-4-2-3-5-17(16)27(21,24)25/h2-9H,10-13H2,1H3,(H,20,22). The number of amides is 2. The van der Waals surface area contributed by atoms with E-state index in [4.69, 9.17) is 0 Å². The van der Waals surface area contributed by atoms with Crippen LogP contribution in [0, 0.1) is 6.92 Å². The maximum atomic E-state index is 12.4. The van der Waals surface area contributed by atoms with Gasteiger partial charge in [0.2, 0.25) is 5.91 Å². The number of fused-ring (bicyclic) bond motifs is 1. The van der Waals surface area contributed by atoms with Crippen molar-refractivity contribution >= 4 is 33.6 Å². The first-order valence-corrected chi connectivity index (χ1v) is 10.9. The molecule has 0 radical (unpaired) electrons. The van der Waals surface area contributed by atoms with Crippen molar-refractivity contribution in [3.8, 4) is 0 Å². The van der Waals surface area contributed by atoms with Crippen molar-refractivity contribution in [2.75, 3.05) is 18.8 Å². The third kappa shape index (κ3) is 4.33. The number of benzene rings is 2. The number of nitrogens with one attached hydrogen (secondary N) is 1. The molecule has 1 aliphatic heterocycles. The van der Waals surface area contributed by atoms with E-state index in [0.717, 1.165) is 9.20 Å². The van der Waals surface area contributed by atoms with Crippen LogP contribution in [-0.2, 0) is 14.8 Å². The third-order valence-electron chi connectivity index (χ3n) is 4.17. The molecule has 27 heavy (non-hydrogen) atoms. The molecule has 6 nitrogen and oxygen atoms in total. The molecule has 0 fully saturated rings. The molecule has 0 saturated heterocycles. The van der Waals surface area contributed by atoms with E-state index in [2.05, 4.69) is 5.32 Å². The minimum atomic E-state index is -3.86. The Morgan fingerprint density at radius 3 is 2.52 bits per heavy atom. The van der Waals surface area contributed by atoms with Gasteiger partial charge >= 0.3 is 0 Å². The van der Waals surface area contributed by atoms with Crippen LogP contribution in [0.5, 0.6) is 0 Å². The molecule has 3 rings (SSSR count). The highest BCUT2D eigenvalue weighted by molar-refractivity contribution is 7.99. The zero-order valence-electron chi connectivity index (χ0n) is 14.8. The fraction of sp³-hybridized carbons (Fsp3) is 0.263. The highest BCUT2D eigenvalue weighted by atomic mass is 32.2. The summed E-state index contributed by atoms with van der Waals surface area (Å²) in [5.41, 5.74) is 1.36. The second-order valence-electron chi connectivity index (χ2n) is 6.14. The Hall–Kier alpha value is -2.32.